The molecule has 0 aromatic heterocycles. The molecule has 5 N–H and O–H groups in total. The molecule has 0 saturated carbocycles. The number of hydrogen-bond acceptors (Lipinski definition) is 6. The molecule has 1 aliphatic rings. The number of ketones is 1. The highest BCUT2D eigenvalue weighted by atomic mass is 16.6. The highest BCUT2D eigenvalue weighted by Crippen LogP contribution is 2.03. The molecule has 0 spiro atoms. The van der Waals surface area contributed by atoms with Crippen molar-refractivity contribution in [1.82, 2.24) is 0 Å². The van der Waals surface area contributed by atoms with Gasteiger partial charge in [-0.3, -0.25) is 9.59 Å². The Hall–Kier alpha value is -1.80. The topological polar surface area (TPSA) is 165 Å². The summed E-state index contributed by atoms with van der Waals surface area (Å²) >= 11 is 0. The molecule has 8 heteroatoms. The minimum absolute atomic E-state index is 0. The Bertz CT molecular complexity index is 256. The number of rotatable bonds is 3. The first-order chi connectivity index (χ1) is 6.91. The second kappa shape index (κ2) is 13.3. The minimum atomic E-state index is -1.17. The van der Waals surface area contributed by atoms with E-state index in [0.29, 0.717) is 0 Å². The fourth-order valence-corrected chi connectivity index (χ4v) is 0.711. The lowest BCUT2D eigenvalue weighted by Crippen LogP contribution is -2.22. The van der Waals surface area contributed by atoms with Crippen LogP contribution in [0.3, 0.4) is 0 Å². The molecule has 0 aromatic rings. The molecule has 0 aliphatic carbocycles. The van der Waals surface area contributed by atoms with Crippen LogP contribution in [0.5, 0.6) is 0 Å². The van der Waals surface area contributed by atoms with Gasteiger partial charge in [-0.15, -0.1) is 0 Å². The summed E-state index contributed by atoms with van der Waals surface area (Å²) in [5.74, 6) is -2.08. The first kappa shape index (κ1) is 25.1. The summed E-state index contributed by atoms with van der Waals surface area (Å²) in [5.41, 5.74) is 0. The zero-order valence-corrected chi connectivity index (χ0v) is 9.36. The van der Waals surface area contributed by atoms with Crippen LogP contribution in [0.2, 0.25) is 0 Å². The van der Waals surface area contributed by atoms with Gasteiger partial charge in [0, 0.05) is 12.4 Å². The van der Waals surface area contributed by atoms with Crippen LogP contribution in [0.25, 0.3) is 0 Å². The minimum Gasteiger partial charge on any atom is -0.550 e. The van der Waals surface area contributed by atoms with Crippen molar-refractivity contribution in [3.05, 3.63) is 0 Å². The molecule has 0 aromatic carbocycles. The molecule has 0 atom stereocenters. The molecular formula is C10H20O8. The van der Waals surface area contributed by atoms with Gasteiger partial charge in [0.15, 0.2) is 0 Å². The average Bonchev–Trinajstić information content (AvgIpc) is 2.47. The summed E-state index contributed by atoms with van der Waals surface area (Å²) in [5, 5.41) is 9.64. The highest BCUT2D eigenvalue weighted by Gasteiger charge is 2.19. The summed E-state index contributed by atoms with van der Waals surface area (Å²) in [6.45, 7) is 1.35. The number of carbonyl (C=O) groups excluding carboxylic acids is 4. The number of cyclic esters (lactones) is 2. The lowest BCUT2D eigenvalue weighted by atomic mass is 10.2. The smallest absolute Gasteiger partial charge is 0.314 e. The van der Waals surface area contributed by atoms with Crippen molar-refractivity contribution in [1.29, 1.82) is 0 Å². The van der Waals surface area contributed by atoms with Gasteiger partial charge in [0.05, 0.1) is 12.8 Å². The first-order valence-electron chi connectivity index (χ1n) is 4.34. The average molecular weight is 268 g/mol. The largest absolute Gasteiger partial charge is 0.550 e. The number of carboxylic acid groups (broad SMARTS) is 1. The monoisotopic (exact) mass is 268 g/mol. The zero-order chi connectivity index (χ0) is 11.8. The Morgan fingerprint density at radius 3 is 1.67 bits per heavy atom. The van der Waals surface area contributed by atoms with Crippen LogP contribution in [0.1, 0.15) is 40.0 Å². The van der Waals surface area contributed by atoms with Crippen molar-refractivity contribution in [2.45, 2.75) is 40.0 Å². The van der Waals surface area contributed by atoms with Gasteiger partial charge in [-0.2, -0.15) is 0 Å². The van der Waals surface area contributed by atoms with Crippen LogP contribution in [-0.4, -0.2) is 29.2 Å². The summed E-state index contributed by atoms with van der Waals surface area (Å²) in [6, 6.07) is 0. The zero-order valence-electron chi connectivity index (χ0n) is 9.36. The number of ether oxygens (including phenoxy) is 1. The molecule has 0 radical (unpaired) electrons. The molecule has 108 valence electrons. The third kappa shape index (κ3) is 16.6. The molecule has 0 bridgehead atoms. The van der Waals surface area contributed by atoms with Gasteiger partial charge in [-0.1, -0.05) is 7.43 Å². The maximum atomic E-state index is 10.1. The van der Waals surface area contributed by atoms with Crippen molar-refractivity contribution < 1.29 is 40.0 Å². The third-order valence-corrected chi connectivity index (χ3v) is 1.44. The number of carbonyl (C=O) groups is 4. The fraction of sp³-hybridized carbons (Fsp3) is 0.600. The van der Waals surface area contributed by atoms with Crippen molar-refractivity contribution in [2.24, 2.45) is 0 Å². The van der Waals surface area contributed by atoms with E-state index in [1.807, 2.05) is 0 Å². The van der Waals surface area contributed by atoms with E-state index in [1.54, 1.807) is 0 Å². The maximum absolute atomic E-state index is 10.1. The molecule has 0 amide bonds. The number of carboxylic acids is 1. The van der Waals surface area contributed by atoms with Crippen LogP contribution < -0.4 is 5.11 Å². The molecule has 1 heterocycles. The Labute approximate surface area is 105 Å². The van der Waals surface area contributed by atoms with E-state index in [4.69, 9.17) is 0 Å². The van der Waals surface area contributed by atoms with Gasteiger partial charge in [-0.05, 0) is 13.3 Å². The number of hydrogen-bond donors (Lipinski definition) is 0. The Morgan fingerprint density at radius 1 is 1.17 bits per heavy atom. The predicted molar refractivity (Wildman–Crippen MR) is 60.5 cm³/mol. The third-order valence-electron chi connectivity index (χ3n) is 1.44. The van der Waals surface area contributed by atoms with E-state index in [1.165, 1.54) is 6.92 Å². The standard InChI is InChI=1S/C5H8O3.C4H4O3.CH4.2H2O/c1-4(6)2-3-5(7)8;5-3-1-2-4(6)7-3;;;/h2-3H2,1H3,(H,7,8);1-2H2;1H4;2*1H2. The van der Waals surface area contributed by atoms with Gasteiger partial charge >= 0.3 is 11.9 Å². The maximum Gasteiger partial charge on any atom is 0.314 e. The van der Waals surface area contributed by atoms with Crippen LogP contribution in [0.15, 0.2) is 0 Å². The van der Waals surface area contributed by atoms with E-state index in [-0.39, 0.29) is 49.8 Å². The van der Waals surface area contributed by atoms with Gasteiger partial charge in [0.25, 0.3) is 0 Å². The van der Waals surface area contributed by atoms with E-state index in [9.17, 15) is 24.3 Å². The Balaban J connectivity index is -0.0000000935. The van der Waals surface area contributed by atoms with Crippen LogP contribution >= 0.6 is 0 Å². The summed E-state index contributed by atoms with van der Waals surface area (Å²) in [6.07, 6.45) is 0.454. The van der Waals surface area contributed by atoms with Crippen LogP contribution in [-0.2, 0) is 29.4 Å². The van der Waals surface area contributed by atoms with Gasteiger partial charge in [0.1, 0.15) is 5.78 Å². The summed E-state index contributed by atoms with van der Waals surface area (Å²) in [4.78, 5) is 39.7. The second-order valence-electron chi connectivity index (χ2n) is 2.92. The van der Waals surface area contributed by atoms with Crippen LogP contribution in [0, 0.1) is 0 Å². The normalized spacial score (nSPS) is 11.6. The quantitative estimate of drug-likeness (QED) is 0.321. The lowest BCUT2D eigenvalue weighted by molar-refractivity contribution is -0.305. The molecule has 1 aliphatic heterocycles. The number of Topliss-reactive ketones (excluding diaryl/α,β-unsaturated/α-hetero) is 1. The molecular weight excluding hydrogens is 248 g/mol. The predicted octanol–water partition coefficient (Wildman–Crippen LogP) is -2.15. The van der Waals surface area contributed by atoms with Crippen molar-refractivity contribution in [3.8, 4) is 0 Å². The van der Waals surface area contributed by atoms with E-state index < -0.39 is 17.9 Å². The molecule has 1 fully saturated rings. The Kier molecular flexibility index (Phi) is 18.5. The van der Waals surface area contributed by atoms with Crippen molar-refractivity contribution >= 4 is 23.7 Å². The SMILES string of the molecule is C.CC(=O)CCC(=O)[O-].O.O=C1CCC(=O)O1.[OH3+]. The molecule has 8 nitrogen and oxygen atoms in total. The Morgan fingerprint density at radius 2 is 1.56 bits per heavy atom. The molecule has 1 saturated heterocycles. The highest BCUT2D eigenvalue weighted by molar-refractivity contribution is 5.92. The molecule has 0 unspecified atom stereocenters. The summed E-state index contributed by atoms with van der Waals surface area (Å²) in [7, 11) is 0. The van der Waals surface area contributed by atoms with Gasteiger partial charge in [0.2, 0.25) is 0 Å². The van der Waals surface area contributed by atoms with E-state index in [0.717, 1.165) is 0 Å². The number of esters is 2. The van der Waals surface area contributed by atoms with Crippen LogP contribution in [0.4, 0.5) is 0 Å². The van der Waals surface area contributed by atoms with E-state index in [2.05, 4.69) is 4.74 Å². The molecule has 18 heavy (non-hydrogen) atoms. The van der Waals surface area contributed by atoms with Crippen molar-refractivity contribution in [3.63, 3.8) is 0 Å². The van der Waals surface area contributed by atoms with Gasteiger partial charge < -0.3 is 30.4 Å². The number of aliphatic carboxylic acids is 1. The fourth-order valence-electron chi connectivity index (χ4n) is 0.711. The second-order valence-corrected chi connectivity index (χ2v) is 2.92. The van der Waals surface area contributed by atoms with E-state index >= 15 is 0 Å². The van der Waals surface area contributed by atoms with Gasteiger partial charge in [-0.25, -0.2) is 0 Å². The first-order valence-corrected chi connectivity index (χ1v) is 4.34. The molecule has 1 rings (SSSR count). The lowest BCUT2D eigenvalue weighted by Gasteiger charge is -1.95. The summed E-state index contributed by atoms with van der Waals surface area (Å²) < 4.78 is 4.08. The van der Waals surface area contributed by atoms with Crippen molar-refractivity contribution in [2.75, 3.05) is 0 Å².